The summed E-state index contributed by atoms with van der Waals surface area (Å²) >= 11 is 0. The molecular weight excluding hydrogens is 326 g/mol. The summed E-state index contributed by atoms with van der Waals surface area (Å²) in [7, 11) is 0.798. The van der Waals surface area contributed by atoms with Gasteiger partial charge in [0, 0.05) is 18.6 Å². The molecule has 0 amide bonds. The molecule has 1 aliphatic heterocycles. The van der Waals surface area contributed by atoms with Crippen LogP contribution >= 0.6 is 0 Å². The number of halogens is 1. The minimum absolute atomic E-state index is 0.0329. The van der Waals surface area contributed by atoms with Crippen LogP contribution in [0.1, 0.15) is 40.5 Å². The maximum absolute atomic E-state index is 14.5. The van der Waals surface area contributed by atoms with E-state index < -0.39 is 24.1 Å². The highest BCUT2D eigenvalue weighted by molar-refractivity contribution is 6.63. The lowest BCUT2D eigenvalue weighted by Gasteiger charge is -2.32. The molecule has 1 aromatic carbocycles. The highest BCUT2D eigenvalue weighted by atomic mass is 19.1. The van der Waals surface area contributed by atoms with Crippen molar-refractivity contribution < 1.29 is 27.9 Å². The maximum atomic E-state index is 14.5. The number of benzene rings is 1. The smallest absolute Gasteiger partial charge is 0.494 e. The van der Waals surface area contributed by atoms with Crippen LogP contribution in [0, 0.1) is 11.7 Å². The maximum Gasteiger partial charge on any atom is 0.498 e. The van der Waals surface area contributed by atoms with E-state index in [1.165, 1.54) is 26.0 Å². The molecule has 5 nitrogen and oxygen atoms in total. The van der Waals surface area contributed by atoms with Crippen LogP contribution in [0.4, 0.5) is 4.39 Å². The van der Waals surface area contributed by atoms with Crippen LogP contribution < -0.4 is 14.9 Å². The molecule has 25 heavy (non-hydrogen) atoms. The summed E-state index contributed by atoms with van der Waals surface area (Å²) in [5, 5.41) is 0. The number of methoxy groups -OCH3 is 1. The van der Waals surface area contributed by atoms with Crippen LogP contribution in [-0.4, -0.2) is 38.8 Å². The molecule has 1 aromatic rings. The van der Waals surface area contributed by atoms with Crippen molar-refractivity contribution in [2.24, 2.45) is 5.92 Å². The predicted octanol–water partition coefficient (Wildman–Crippen LogP) is 2.90. The molecule has 7 heteroatoms. The van der Waals surface area contributed by atoms with Crippen molar-refractivity contribution >= 4 is 12.6 Å². The van der Waals surface area contributed by atoms with Crippen LogP contribution in [0.3, 0.4) is 0 Å². The average molecular weight is 352 g/mol. The second-order valence-corrected chi connectivity index (χ2v) is 7.71. The summed E-state index contributed by atoms with van der Waals surface area (Å²) in [4.78, 5) is 0. The molecule has 0 radical (unpaired) electrons. The molecule has 138 valence electrons. The molecule has 2 aliphatic rings. The van der Waals surface area contributed by atoms with Crippen LogP contribution in [0.5, 0.6) is 11.5 Å². The lowest BCUT2D eigenvalue weighted by atomic mass is 9.78. The van der Waals surface area contributed by atoms with E-state index in [4.69, 9.17) is 23.5 Å². The summed E-state index contributed by atoms with van der Waals surface area (Å²) in [6, 6.07) is 2.92. The zero-order valence-electron chi connectivity index (χ0n) is 15.6. The molecule has 0 spiro atoms. The van der Waals surface area contributed by atoms with E-state index in [0.29, 0.717) is 23.7 Å². The molecular formula is C18H26BFO5. The Balaban J connectivity index is 1.89. The summed E-state index contributed by atoms with van der Waals surface area (Å²) in [5.41, 5.74) is -0.471. The monoisotopic (exact) mass is 352 g/mol. The average Bonchev–Trinajstić information content (AvgIpc) is 3.31. The van der Waals surface area contributed by atoms with Crippen LogP contribution in [0.25, 0.3) is 0 Å². The van der Waals surface area contributed by atoms with Crippen molar-refractivity contribution in [2.75, 3.05) is 20.5 Å². The Labute approximate surface area is 148 Å². The van der Waals surface area contributed by atoms with Crippen molar-refractivity contribution in [2.45, 2.75) is 51.7 Å². The first-order valence-electron chi connectivity index (χ1n) is 8.67. The van der Waals surface area contributed by atoms with Crippen molar-refractivity contribution in [1.82, 2.24) is 0 Å². The minimum atomic E-state index is -0.690. The fourth-order valence-electron chi connectivity index (χ4n) is 2.55. The van der Waals surface area contributed by atoms with Crippen molar-refractivity contribution in [3.05, 3.63) is 17.9 Å². The van der Waals surface area contributed by atoms with Crippen LogP contribution in [0.15, 0.2) is 12.1 Å². The second kappa shape index (κ2) is 6.78. The molecule has 1 heterocycles. The van der Waals surface area contributed by atoms with Gasteiger partial charge >= 0.3 is 7.12 Å². The molecule has 0 atom stereocenters. The number of ether oxygens (including phenoxy) is 3. The third-order valence-corrected chi connectivity index (χ3v) is 5.08. The Morgan fingerprint density at radius 3 is 2.28 bits per heavy atom. The summed E-state index contributed by atoms with van der Waals surface area (Å²) < 4.78 is 42.6. The molecule has 0 aromatic heterocycles. The van der Waals surface area contributed by atoms with Gasteiger partial charge in [0.15, 0.2) is 18.4 Å². The van der Waals surface area contributed by atoms with Gasteiger partial charge in [-0.1, -0.05) is 0 Å². The highest BCUT2D eigenvalue weighted by Gasteiger charge is 2.52. The molecule has 0 unspecified atom stereocenters. The van der Waals surface area contributed by atoms with Gasteiger partial charge in [-0.05, 0) is 52.5 Å². The van der Waals surface area contributed by atoms with E-state index in [0.717, 1.165) is 0 Å². The third-order valence-electron chi connectivity index (χ3n) is 5.08. The van der Waals surface area contributed by atoms with Crippen molar-refractivity contribution in [3.8, 4) is 11.5 Å². The topological polar surface area (TPSA) is 46.2 Å². The Bertz CT molecular complexity index is 614. The standard InChI is InChI=1S/C18H26BFO5/c1-17(2)18(3,4)25-19(24-17)13-8-14(20)16(23-11-21-5)9-15(13)22-10-12-6-7-12/h8-9,12H,6-7,10-11H2,1-5H3. The Kier molecular flexibility index (Phi) is 5.01. The molecule has 1 saturated carbocycles. The lowest BCUT2D eigenvalue weighted by Crippen LogP contribution is -2.41. The number of hydrogen-bond acceptors (Lipinski definition) is 5. The van der Waals surface area contributed by atoms with Gasteiger partial charge in [0.05, 0.1) is 17.8 Å². The zero-order valence-corrected chi connectivity index (χ0v) is 15.6. The molecule has 1 aliphatic carbocycles. The first kappa shape index (κ1) is 18.5. The minimum Gasteiger partial charge on any atom is -0.494 e. The van der Waals surface area contributed by atoms with Crippen LogP contribution in [-0.2, 0) is 14.0 Å². The van der Waals surface area contributed by atoms with Crippen molar-refractivity contribution in [1.29, 1.82) is 0 Å². The largest absolute Gasteiger partial charge is 0.498 e. The van der Waals surface area contributed by atoms with Gasteiger partial charge < -0.3 is 23.5 Å². The quantitative estimate of drug-likeness (QED) is 0.558. The molecule has 3 rings (SSSR count). The number of rotatable bonds is 7. The summed E-state index contributed by atoms with van der Waals surface area (Å²) in [6.07, 6.45) is 2.33. The van der Waals surface area contributed by atoms with Gasteiger partial charge in [-0.15, -0.1) is 0 Å². The molecule has 0 bridgehead atoms. The van der Waals surface area contributed by atoms with E-state index in [-0.39, 0.29) is 12.5 Å². The van der Waals surface area contributed by atoms with E-state index in [1.807, 2.05) is 27.7 Å². The SMILES string of the molecule is COCOc1cc(OCC2CC2)c(B2OC(C)(C)C(C)(C)O2)cc1F. The lowest BCUT2D eigenvalue weighted by molar-refractivity contribution is 0.00578. The predicted molar refractivity (Wildman–Crippen MR) is 92.8 cm³/mol. The fourth-order valence-corrected chi connectivity index (χ4v) is 2.55. The first-order valence-corrected chi connectivity index (χ1v) is 8.67. The summed E-state index contributed by atoms with van der Waals surface area (Å²) in [5.74, 6) is 0.686. The van der Waals surface area contributed by atoms with E-state index in [9.17, 15) is 4.39 Å². The second-order valence-electron chi connectivity index (χ2n) is 7.71. The van der Waals surface area contributed by atoms with E-state index in [2.05, 4.69) is 0 Å². The zero-order chi connectivity index (χ0) is 18.2. The van der Waals surface area contributed by atoms with Gasteiger partial charge in [0.1, 0.15) is 5.75 Å². The normalized spacial score (nSPS) is 21.4. The third kappa shape index (κ3) is 3.94. The van der Waals surface area contributed by atoms with Gasteiger partial charge in [-0.2, -0.15) is 0 Å². The molecule has 2 fully saturated rings. The van der Waals surface area contributed by atoms with Crippen LogP contribution in [0.2, 0.25) is 0 Å². The van der Waals surface area contributed by atoms with Crippen molar-refractivity contribution in [3.63, 3.8) is 0 Å². The van der Waals surface area contributed by atoms with E-state index >= 15 is 0 Å². The fraction of sp³-hybridized carbons (Fsp3) is 0.667. The van der Waals surface area contributed by atoms with Gasteiger partial charge in [0.25, 0.3) is 0 Å². The molecule has 1 saturated heterocycles. The summed E-state index contributed by atoms with van der Waals surface area (Å²) in [6.45, 7) is 8.42. The van der Waals surface area contributed by atoms with Gasteiger partial charge in [-0.3, -0.25) is 0 Å². The number of hydrogen-bond donors (Lipinski definition) is 0. The Hall–Kier alpha value is -1.31. The van der Waals surface area contributed by atoms with Gasteiger partial charge in [-0.25, -0.2) is 4.39 Å². The highest BCUT2D eigenvalue weighted by Crippen LogP contribution is 2.38. The Morgan fingerprint density at radius 1 is 1.08 bits per heavy atom. The molecule has 0 N–H and O–H groups in total. The van der Waals surface area contributed by atoms with E-state index in [1.54, 1.807) is 6.07 Å². The first-order chi connectivity index (χ1) is 11.7. The Morgan fingerprint density at radius 2 is 1.72 bits per heavy atom. The van der Waals surface area contributed by atoms with Gasteiger partial charge in [0.2, 0.25) is 0 Å².